The zero-order valence-corrected chi connectivity index (χ0v) is 62.4. The van der Waals surface area contributed by atoms with E-state index < -0.39 is 178 Å². The fraction of sp³-hybridized carbons (Fsp3) is 0.389. The number of hydrogen-bond donors (Lipinski definition) is 7. The van der Waals surface area contributed by atoms with Crippen molar-refractivity contribution in [3.8, 4) is 46.0 Å². The number of anilines is 2. The number of nitrogens with one attached hydrogen (secondary N) is 2. The fourth-order valence-electron chi connectivity index (χ4n) is 8.19. The number of esters is 2. The van der Waals surface area contributed by atoms with Crippen LogP contribution < -0.4 is 71.5 Å². The maximum absolute atomic E-state index is 13.6. The SMILES string of the molecule is CC(=O)Nc1cccc2c1C(=O)OC2=O.CC(=O)O.CCN.CCN.S.[2H]C([2H])([2H])C([2H])([2H])Oc1cc(C(N)C([2H])([2H])S(C)(=O)=O)ccc1OC.[2H]C([2H])([2H])C([2H])([2H])Oc1cc([C@H](N)C([2H])([2H])S(C)(=O)=O)ccc1OC.[2H]C([2H])([2H])C([2H])([2H])Oc1cc([C@H](N2C(=O)c3cccc(NC(C)=O)c3C2=O)C([2H])([2H])S(C)(=O)=O)ccc1OC.[2H]C([2H])([2H])Oc1ccc(C=O)cc1OC([2H])([2H])C([2H])([2H])[2H]. The molecular weight excluding hydrogens is 1480 g/mol. The Balaban J connectivity index is 0.00000168. The third-order valence-electron chi connectivity index (χ3n) is 12.0. The molecule has 3 atom stereocenters. The van der Waals surface area contributed by atoms with E-state index in [4.69, 9.17) is 106 Å². The lowest BCUT2D eigenvalue weighted by atomic mass is 10.1. The topological polar surface area (TPSA) is 474 Å². The number of methoxy groups -OCH3 is 4. The van der Waals surface area contributed by atoms with Gasteiger partial charge in [-0.3, -0.25) is 33.7 Å². The fourth-order valence-corrected chi connectivity index (χ4v) is 10.0. The van der Waals surface area contributed by atoms with Gasteiger partial charge in [0.2, 0.25) is 11.8 Å². The van der Waals surface area contributed by atoms with E-state index in [0.29, 0.717) is 35.6 Å². The van der Waals surface area contributed by atoms with Crippen molar-refractivity contribution in [1.82, 2.24) is 4.90 Å². The van der Waals surface area contributed by atoms with Gasteiger partial charge in [0.1, 0.15) is 35.8 Å². The number of carboxylic acids is 1. The van der Waals surface area contributed by atoms with Crippen LogP contribution in [0.3, 0.4) is 0 Å². The lowest BCUT2D eigenvalue weighted by Crippen LogP contribution is -2.37. The molecule has 1 unspecified atom stereocenters. The predicted molar refractivity (Wildman–Crippen MR) is 413 cm³/mol. The van der Waals surface area contributed by atoms with Crippen LogP contribution in [0.25, 0.3) is 0 Å². The smallest absolute Gasteiger partial charge is 0.349 e. The van der Waals surface area contributed by atoms with E-state index in [-0.39, 0.29) is 98.3 Å². The molecule has 592 valence electrons. The first-order valence-electron chi connectivity index (χ1n) is 44.1. The molecule has 6 aromatic rings. The lowest BCUT2D eigenvalue weighted by Gasteiger charge is -2.27. The summed E-state index contributed by atoms with van der Waals surface area (Å²) in [5.41, 5.74) is 11.9. The first-order chi connectivity index (χ1) is 60.8. The van der Waals surface area contributed by atoms with Gasteiger partial charge >= 0.3 is 11.9 Å². The van der Waals surface area contributed by atoms with E-state index >= 15 is 0 Å². The molecule has 31 nitrogen and oxygen atoms in total. The molecule has 2 aliphatic rings. The van der Waals surface area contributed by atoms with Crippen LogP contribution in [-0.4, -0.2) is 187 Å². The van der Waals surface area contributed by atoms with E-state index in [1.165, 1.54) is 82.7 Å². The van der Waals surface area contributed by atoms with Gasteiger partial charge in [-0.2, -0.15) is 13.5 Å². The number of fused-ring (bicyclic) bond motifs is 2. The maximum Gasteiger partial charge on any atom is 0.349 e. The van der Waals surface area contributed by atoms with Gasteiger partial charge in [-0.05, 0) is 136 Å². The average Bonchev–Trinajstić information content (AvgIpc) is 1.56. The van der Waals surface area contributed by atoms with Crippen LogP contribution in [0.15, 0.2) is 109 Å². The minimum Gasteiger partial charge on any atom is -0.493 e. The largest absolute Gasteiger partial charge is 0.493 e. The Morgan fingerprint density at radius 1 is 0.533 bits per heavy atom. The average molecular weight is 1610 g/mol. The van der Waals surface area contributed by atoms with Crippen molar-refractivity contribution < 1.29 is 151 Å². The van der Waals surface area contributed by atoms with Crippen molar-refractivity contribution in [1.29, 1.82) is 0 Å². The first-order valence-corrected chi connectivity index (χ1v) is 35.2. The van der Waals surface area contributed by atoms with Crippen LogP contribution >= 0.6 is 13.5 Å². The van der Waals surface area contributed by atoms with Crippen molar-refractivity contribution in [3.05, 3.63) is 154 Å². The minimum atomic E-state index is -4.66. The van der Waals surface area contributed by atoms with Gasteiger partial charge in [0.15, 0.2) is 46.0 Å². The molecule has 2 heterocycles. The molecular formula is C72H101N7O24S4. The molecule has 0 radical (unpaired) electrons. The standard InChI is InChI=1S/C22H24N2O7S.2C12H19NO4S.C10H7NO4.C10H12O3.2C2H7N.C2H4O2.H2S/c1-5-31-19-11-14(9-10-18(19)30-3)17(12-32(4,28)29)24-21(26)15-7-6-8-16(23-13(2)25)20(15)22(24)27;2*1-4-17-12-7-9(5-6-11(12)16-2)10(13)8-18(3,14)15;1-5(12)11-7-4-2-3-6-8(7)10(14)15-9(6)13;1-3-13-10-6-8(7-11)4-5-9(10)12-2;2*1-2-3;1-2(3)4;/h6-11,17H,5,12H2,1-4H3,(H,23,25);2*5-7,10H,4,8,13H2,1-3H3;2-4H,1H3,(H,11,12);4-7H,3H2,1-2H3;2*2-3H2,1H3;1H3,(H,3,4);1H2/t17-;10-;;;;;;;/m11......./s1/i1D3,5D2,12D2;2*1D3,4D2,8D2;;1D3,2D3,3D2;;;;. The van der Waals surface area contributed by atoms with Gasteiger partial charge in [0.25, 0.3) is 17.8 Å². The van der Waals surface area contributed by atoms with Crippen molar-refractivity contribution in [2.24, 2.45) is 22.9 Å². The zero-order chi connectivity index (χ0) is 106. The highest BCUT2D eigenvalue weighted by atomic mass is 32.2. The normalized spacial score (nSPS) is 17.8. The number of ether oxygens (including phenoxy) is 9. The third kappa shape index (κ3) is 33.6. The Hall–Kier alpha value is -9.88. The van der Waals surface area contributed by atoms with Gasteiger partial charge in [-0.15, -0.1) is 0 Å². The summed E-state index contributed by atoms with van der Waals surface area (Å²) in [5.74, 6) is -7.64. The predicted octanol–water partition coefficient (Wildman–Crippen LogP) is 7.71. The van der Waals surface area contributed by atoms with Gasteiger partial charge < -0.3 is 81.3 Å². The number of carboxylic acid groups (broad SMARTS) is 1. The number of aldehydes is 1. The monoisotopic (exact) mass is 1600 g/mol. The van der Waals surface area contributed by atoms with Gasteiger partial charge in [0, 0.05) is 81.9 Å². The van der Waals surface area contributed by atoms with Crippen LogP contribution in [-0.2, 0) is 48.6 Å². The molecule has 11 N–H and O–H groups in total. The van der Waals surface area contributed by atoms with Crippen LogP contribution in [0.5, 0.6) is 46.0 Å². The number of rotatable bonds is 25. The summed E-state index contributed by atoms with van der Waals surface area (Å²) in [6.45, 7) is -16.2. The Morgan fingerprint density at radius 2 is 0.888 bits per heavy atom. The Labute approximate surface area is 673 Å². The number of nitrogens with zero attached hydrogens (tertiary/aromatic N) is 1. The zero-order valence-electron chi connectivity index (χ0n) is 87.9. The van der Waals surface area contributed by atoms with Crippen molar-refractivity contribution in [2.45, 2.75) is 80.2 Å². The summed E-state index contributed by atoms with van der Waals surface area (Å²) < 4.78 is 331. The highest BCUT2D eigenvalue weighted by Crippen LogP contribution is 2.39. The summed E-state index contributed by atoms with van der Waals surface area (Å²) >= 11 is 0. The Kier molecular flexibility index (Phi) is 25.9. The molecule has 35 heteroatoms. The van der Waals surface area contributed by atoms with E-state index in [9.17, 15) is 58.8 Å². The number of imide groups is 1. The molecule has 0 aromatic heterocycles. The summed E-state index contributed by atoms with van der Waals surface area (Å²) in [5, 5.41) is 12.3. The Bertz CT molecular complexity index is 5450. The van der Waals surface area contributed by atoms with Crippen LogP contribution in [0.4, 0.5) is 11.4 Å². The molecule has 0 fully saturated rings. The van der Waals surface area contributed by atoms with Crippen molar-refractivity contribution >= 4 is 102 Å². The summed E-state index contributed by atoms with van der Waals surface area (Å²) in [6.07, 6.45) is 2.37. The molecule has 0 aliphatic carbocycles. The molecule has 8 rings (SSSR count). The number of carbonyl (C=O) groups excluding carboxylic acids is 7. The molecule has 0 saturated heterocycles. The summed E-state index contributed by atoms with van der Waals surface area (Å²) in [4.78, 5) is 92.1. The number of aliphatic carboxylic acids is 1. The van der Waals surface area contributed by atoms with Crippen LogP contribution in [0.2, 0.25) is 0 Å². The van der Waals surface area contributed by atoms with Crippen molar-refractivity contribution in [3.63, 3.8) is 0 Å². The molecule has 0 saturated carbocycles. The van der Waals surface area contributed by atoms with E-state index in [1.807, 2.05) is 13.8 Å². The highest BCUT2D eigenvalue weighted by molar-refractivity contribution is 7.91. The molecule has 4 amide bonds. The number of amides is 4. The van der Waals surface area contributed by atoms with E-state index in [2.05, 4.69) is 20.1 Å². The number of hydrogen-bond acceptors (Lipinski definition) is 27. The van der Waals surface area contributed by atoms with Gasteiger partial charge in [0.05, 0.1) is 126 Å². The minimum absolute atomic E-state index is 0. The van der Waals surface area contributed by atoms with Gasteiger partial charge in [-0.1, -0.05) is 44.2 Å². The quantitative estimate of drug-likeness (QED) is 0.0125. The number of sulfone groups is 3. The van der Waals surface area contributed by atoms with Crippen molar-refractivity contribution in [2.75, 3.05) is 114 Å². The van der Waals surface area contributed by atoms with E-state index in [0.717, 1.165) is 69.6 Å². The number of cyclic esters (lactones) is 2. The summed E-state index contributed by atoms with van der Waals surface area (Å²) in [6, 6.07) is 16.8. The third-order valence-corrected chi connectivity index (χ3v) is 14.0. The van der Waals surface area contributed by atoms with Crippen LogP contribution in [0.1, 0.15) is 188 Å². The maximum atomic E-state index is 13.6. The lowest BCUT2D eigenvalue weighted by molar-refractivity contribution is -0.134. The molecule has 6 aromatic carbocycles. The second kappa shape index (κ2) is 48.3. The van der Waals surface area contributed by atoms with Gasteiger partial charge in [-0.25, -0.2) is 34.8 Å². The van der Waals surface area contributed by atoms with Crippen LogP contribution in [0, 0.1) is 0 Å². The number of nitrogens with two attached hydrogens (primary N) is 4. The second-order valence-corrected chi connectivity index (χ2v) is 25.7. The molecule has 0 spiro atoms. The second-order valence-electron chi connectivity index (χ2n) is 20.3. The molecule has 2 aliphatic heterocycles. The molecule has 0 bridgehead atoms. The number of carbonyl (C=O) groups is 8. The highest BCUT2D eigenvalue weighted by Gasteiger charge is 2.43. The number of benzene rings is 6. The summed E-state index contributed by atoms with van der Waals surface area (Å²) in [7, 11) is -12.2. The first kappa shape index (κ1) is 57.3. The van der Waals surface area contributed by atoms with E-state index in [1.54, 1.807) is 12.1 Å². The molecule has 107 heavy (non-hydrogen) atoms. The Morgan fingerprint density at radius 3 is 1.25 bits per heavy atom.